The van der Waals surface area contributed by atoms with Crippen molar-refractivity contribution in [3.63, 3.8) is 0 Å². The number of carbonyl (C=O) groups is 1. The number of fused-ring (bicyclic) bond motifs is 1. The Hall–Kier alpha value is -2.71. The van der Waals surface area contributed by atoms with E-state index in [1.54, 1.807) is 19.2 Å². The van der Waals surface area contributed by atoms with Crippen LogP contribution in [0.25, 0.3) is 10.2 Å². The van der Waals surface area contributed by atoms with E-state index in [1.165, 1.54) is 23.5 Å². The zero-order chi connectivity index (χ0) is 18.8. The van der Waals surface area contributed by atoms with Crippen LogP contribution in [0.1, 0.15) is 10.4 Å². The van der Waals surface area contributed by atoms with Crippen molar-refractivity contribution in [2.45, 2.75) is 0 Å². The van der Waals surface area contributed by atoms with Crippen LogP contribution in [-0.2, 0) is 4.74 Å². The van der Waals surface area contributed by atoms with Gasteiger partial charge in [-0.1, -0.05) is 23.5 Å². The zero-order valence-corrected chi connectivity index (χ0v) is 15.5. The van der Waals surface area contributed by atoms with Gasteiger partial charge in [0.2, 0.25) is 0 Å². The predicted molar refractivity (Wildman–Crippen MR) is 104 cm³/mol. The molecule has 3 aromatic rings. The molecular formula is C19H18FN3O3S. The van der Waals surface area contributed by atoms with Crippen molar-refractivity contribution < 1.29 is 18.7 Å². The number of methoxy groups -OCH3 is 1. The number of amides is 1. The molecule has 1 fully saturated rings. The highest BCUT2D eigenvalue weighted by Gasteiger charge is 2.20. The highest BCUT2D eigenvalue weighted by atomic mass is 32.1. The van der Waals surface area contributed by atoms with Crippen LogP contribution in [0.5, 0.6) is 5.75 Å². The fourth-order valence-electron chi connectivity index (χ4n) is 3.05. The maximum Gasteiger partial charge on any atom is 0.260 e. The van der Waals surface area contributed by atoms with Crippen molar-refractivity contribution in [1.82, 2.24) is 4.98 Å². The smallest absolute Gasteiger partial charge is 0.260 e. The van der Waals surface area contributed by atoms with Gasteiger partial charge in [-0.2, -0.15) is 0 Å². The van der Waals surface area contributed by atoms with Crippen LogP contribution < -0.4 is 15.0 Å². The predicted octanol–water partition coefficient (Wildman–Crippen LogP) is 3.53. The minimum atomic E-state index is -0.567. The van der Waals surface area contributed by atoms with Gasteiger partial charge in [-0.15, -0.1) is 0 Å². The molecule has 0 bridgehead atoms. The lowest BCUT2D eigenvalue weighted by Crippen LogP contribution is -2.36. The van der Waals surface area contributed by atoms with E-state index in [2.05, 4.69) is 15.2 Å². The maximum absolute atomic E-state index is 13.9. The molecule has 0 aliphatic carbocycles. The summed E-state index contributed by atoms with van der Waals surface area (Å²) in [5, 5.41) is 3.10. The van der Waals surface area contributed by atoms with Crippen molar-refractivity contribution in [3.8, 4) is 5.75 Å². The van der Waals surface area contributed by atoms with Gasteiger partial charge in [-0.3, -0.25) is 10.1 Å². The van der Waals surface area contributed by atoms with E-state index < -0.39 is 11.7 Å². The number of nitrogens with zero attached hydrogens (tertiary/aromatic N) is 2. The topological polar surface area (TPSA) is 63.7 Å². The number of aromatic nitrogens is 1. The summed E-state index contributed by atoms with van der Waals surface area (Å²) >= 11 is 1.35. The third-order valence-corrected chi connectivity index (χ3v) is 5.39. The monoisotopic (exact) mass is 387 g/mol. The number of ether oxygens (including phenoxy) is 2. The van der Waals surface area contributed by atoms with E-state index >= 15 is 0 Å². The Labute approximate surface area is 159 Å². The molecule has 2 aromatic carbocycles. The third kappa shape index (κ3) is 3.45. The molecule has 0 spiro atoms. The molecule has 1 N–H and O–H groups in total. The van der Waals surface area contributed by atoms with Crippen LogP contribution in [0.4, 0.5) is 15.2 Å². The summed E-state index contributed by atoms with van der Waals surface area (Å²) in [7, 11) is 1.58. The fraction of sp³-hybridized carbons (Fsp3) is 0.263. The average molecular weight is 387 g/mol. The van der Waals surface area contributed by atoms with Crippen LogP contribution in [0.3, 0.4) is 0 Å². The first kappa shape index (κ1) is 17.7. The molecule has 4 rings (SSSR count). The van der Waals surface area contributed by atoms with E-state index in [1.807, 2.05) is 12.1 Å². The molecule has 27 heavy (non-hydrogen) atoms. The third-order valence-electron chi connectivity index (χ3n) is 4.40. The zero-order valence-electron chi connectivity index (χ0n) is 14.7. The van der Waals surface area contributed by atoms with E-state index in [9.17, 15) is 9.18 Å². The number of hydrogen-bond acceptors (Lipinski definition) is 6. The van der Waals surface area contributed by atoms with E-state index in [0.29, 0.717) is 29.6 Å². The van der Waals surface area contributed by atoms with Gasteiger partial charge < -0.3 is 14.4 Å². The number of thiazole rings is 1. The fourth-order valence-corrected chi connectivity index (χ4v) is 4.07. The standard InChI is InChI=1S/C19H18FN3O3S/c1-25-15-7-6-14(23-8-10-26-11-9-23)17-16(15)21-19(27-17)22-18(24)12-4-2-3-5-13(12)20/h2-7H,8-11H2,1H3,(H,21,22,24). The summed E-state index contributed by atoms with van der Waals surface area (Å²) in [6, 6.07) is 9.73. The summed E-state index contributed by atoms with van der Waals surface area (Å²) in [6.07, 6.45) is 0. The second kappa shape index (κ2) is 7.50. The first-order valence-corrected chi connectivity index (χ1v) is 9.35. The molecule has 1 aromatic heterocycles. The number of halogens is 1. The van der Waals surface area contributed by atoms with Gasteiger partial charge in [0.1, 0.15) is 17.1 Å². The minimum absolute atomic E-state index is 0.0166. The number of hydrogen-bond donors (Lipinski definition) is 1. The molecule has 0 saturated carbocycles. The van der Waals surface area contributed by atoms with Gasteiger partial charge in [-0.05, 0) is 24.3 Å². The van der Waals surface area contributed by atoms with E-state index in [4.69, 9.17) is 9.47 Å². The minimum Gasteiger partial charge on any atom is -0.494 e. The lowest BCUT2D eigenvalue weighted by Gasteiger charge is -2.29. The molecule has 140 valence electrons. The van der Waals surface area contributed by atoms with E-state index in [0.717, 1.165) is 23.5 Å². The number of nitrogens with one attached hydrogen (secondary N) is 1. The van der Waals surface area contributed by atoms with Crippen molar-refractivity contribution >= 4 is 38.3 Å². The number of benzene rings is 2. The lowest BCUT2D eigenvalue weighted by molar-refractivity contribution is 0.102. The molecule has 8 heteroatoms. The molecule has 1 aliphatic rings. The molecular weight excluding hydrogens is 369 g/mol. The van der Waals surface area contributed by atoms with Crippen LogP contribution >= 0.6 is 11.3 Å². The van der Waals surface area contributed by atoms with Crippen molar-refractivity contribution in [3.05, 3.63) is 47.8 Å². The molecule has 0 radical (unpaired) electrons. The second-order valence-electron chi connectivity index (χ2n) is 6.02. The Morgan fingerprint density at radius 1 is 1.26 bits per heavy atom. The second-order valence-corrected chi connectivity index (χ2v) is 7.02. The van der Waals surface area contributed by atoms with Crippen LogP contribution in [0, 0.1) is 5.82 Å². The van der Waals surface area contributed by atoms with Gasteiger partial charge >= 0.3 is 0 Å². The lowest BCUT2D eigenvalue weighted by atomic mass is 10.2. The van der Waals surface area contributed by atoms with E-state index in [-0.39, 0.29) is 5.56 Å². The molecule has 0 unspecified atom stereocenters. The van der Waals surface area contributed by atoms with Crippen LogP contribution in [-0.4, -0.2) is 44.3 Å². The molecule has 0 atom stereocenters. The Bertz CT molecular complexity index is 985. The summed E-state index contributed by atoms with van der Waals surface area (Å²) in [5.74, 6) is -0.466. The van der Waals surface area contributed by atoms with Gasteiger partial charge in [0.25, 0.3) is 5.91 Å². The molecule has 1 amide bonds. The number of rotatable bonds is 4. The highest BCUT2D eigenvalue weighted by Crippen LogP contribution is 2.39. The van der Waals surface area contributed by atoms with Crippen LogP contribution in [0.15, 0.2) is 36.4 Å². The van der Waals surface area contributed by atoms with Crippen molar-refractivity contribution in [1.29, 1.82) is 0 Å². The number of morpholine rings is 1. The molecule has 1 aliphatic heterocycles. The van der Waals surface area contributed by atoms with Gasteiger partial charge in [0, 0.05) is 13.1 Å². The summed E-state index contributed by atoms with van der Waals surface area (Å²) in [4.78, 5) is 19.2. The van der Waals surface area contributed by atoms with Gasteiger partial charge in [0.15, 0.2) is 5.13 Å². The average Bonchev–Trinajstić information content (AvgIpc) is 3.11. The Kier molecular flexibility index (Phi) is 4.91. The summed E-state index contributed by atoms with van der Waals surface area (Å²) in [6.45, 7) is 2.92. The van der Waals surface area contributed by atoms with Gasteiger partial charge in [-0.25, -0.2) is 9.37 Å². The molecule has 2 heterocycles. The number of anilines is 2. The molecule has 6 nitrogen and oxygen atoms in total. The Balaban J connectivity index is 1.70. The largest absolute Gasteiger partial charge is 0.494 e. The maximum atomic E-state index is 13.9. The number of carbonyl (C=O) groups excluding carboxylic acids is 1. The van der Waals surface area contributed by atoms with Crippen LogP contribution in [0.2, 0.25) is 0 Å². The van der Waals surface area contributed by atoms with Crippen molar-refractivity contribution in [2.75, 3.05) is 43.6 Å². The van der Waals surface area contributed by atoms with Gasteiger partial charge in [0.05, 0.1) is 36.3 Å². The quantitative estimate of drug-likeness (QED) is 0.742. The normalized spacial score (nSPS) is 14.4. The van der Waals surface area contributed by atoms with Crippen molar-refractivity contribution in [2.24, 2.45) is 0 Å². The summed E-state index contributed by atoms with van der Waals surface area (Å²) in [5.41, 5.74) is 1.69. The molecule has 1 saturated heterocycles. The Morgan fingerprint density at radius 2 is 2.04 bits per heavy atom. The highest BCUT2D eigenvalue weighted by molar-refractivity contribution is 7.23. The SMILES string of the molecule is COc1ccc(N2CCOCC2)c2sc(NC(=O)c3ccccc3F)nc12. The first-order valence-electron chi connectivity index (χ1n) is 8.53. The first-order chi connectivity index (χ1) is 13.2. The summed E-state index contributed by atoms with van der Waals surface area (Å²) < 4.78 is 25.6. The Morgan fingerprint density at radius 3 is 2.78 bits per heavy atom.